The minimum Gasteiger partial charge on any atom is -0.480 e. The van der Waals surface area contributed by atoms with Crippen LogP contribution in [0.2, 0.25) is 0 Å². The van der Waals surface area contributed by atoms with Gasteiger partial charge in [0.1, 0.15) is 5.82 Å². The summed E-state index contributed by atoms with van der Waals surface area (Å²) in [5, 5.41) is 11.4. The third kappa shape index (κ3) is 4.33. The van der Waals surface area contributed by atoms with Gasteiger partial charge in [0.2, 0.25) is 5.91 Å². The summed E-state index contributed by atoms with van der Waals surface area (Å²) in [6, 6.07) is 5.63. The van der Waals surface area contributed by atoms with E-state index in [9.17, 15) is 14.0 Å². The number of carbonyl (C=O) groups excluding carboxylic acids is 1. The second-order valence-electron chi connectivity index (χ2n) is 4.58. The molecule has 1 saturated carbocycles. The Bertz CT molecular complexity index is 471. The highest BCUT2D eigenvalue weighted by Crippen LogP contribution is 2.26. The van der Waals surface area contributed by atoms with Gasteiger partial charge in [0.15, 0.2) is 0 Å². The Morgan fingerprint density at radius 3 is 2.42 bits per heavy atom. The Balaban J connectivity index is 1.88. The van der Waals surface area contributed by atoms with Crippen LogP contribution in [0.15, 0.2) is 24.3 Å². The molecule has 1 aromatic rings. The van der Waals surface area contributed by atoms with Gasteiger partial charge in [0.25, 0.3) is 0 Å². The second kappa shape index (κ2) is 5.79. The summed E-state index contributed by atoms with van der Waals surface area (Å²) in [5.74, 6) is -1.61. The SMILES string of the molecule is O=C(O)CN(CC(=O)Nc1ccc(F)cc1)C1CC1. The summed E-state index contributed by atoms with van der Waals surface area (Å²) in [6.07, 6.45) is 1.86. The number of nitrogens with one attached hydrogen (secondary N) is 1. The lowest BCUT2D eigenvalue weighted by molar-refractivity contribution is -0.138. The first-order valence-electron chi connectivity index (χ1n) is 6.06. The number of benzene rings is 1. The van der Waals surface area contributed by atoms with Crippen LogP contribution in [0.3, 0.4) is 0 Å². The molecule has 1 amide bonds. The van der Waals surface area contributed by atoms with Crippen molar-refractivity contribution in [3.63, 3.8) is 0 Å². The van der Waals surface area contributed by atoms with Crippen LogP contribution in [-0.2, 0) is 9.59 Å². The molecule has 2 N–H and O–H groups in total. The Kier molecular flexibility index (Phi) is 4.11. The number of hydrogen-bond donors (Lipinski definition) is 2. The molecule has 0 unspecified atom stereocenters. The maximum absolute atomic E-state index is 12.7. The molecule has 19 heavy (non-hydrogen) atoms. The molecule has 1 aromatic carbocycles. The molecule has 5 nitrogen and oxygen atoms in total. The number of aliphatic carboxylic acids is 1. The van der Waals surface area contributed by atoms with Crippen LogP contribution < -0.4 is 5.32 Å². The zero-order valence-corrected chi connectivity index (χ0v) is 10.3. The molecule has 0 bridgehead atoms. The van der Waals surface area contributed by atoms with E-state index in [1.165, 1.54) is 24.3 Å². The summed E-state index contributed by atoms with van der Waals surface area (Å²) in [7, 11) is 0. The molecule has 0 saturated heterocycles. The van der Waals surface area contributed by atoms with Crippen LogP contribution >= 0.6 is 0 Å². The Hall–Kier alpha value is -1.95. The third-order valence-corrected chi connectivity index (χ3v) is 2.88. The van der Waals surface area contributed by atoms with Crippen LogP contribution in [0.1, 0.15) is 12.8 Å². The van der Waals surface area contributed by atoms with Gasteiger partial charge in [-0.05, 0) is 37.1 Å². The standard InChI is InChI=1S/C13H15FN2O3/c14-9-1-3-10(4-2-9)15-12(17)7-16(8-13(18)19)11-5-6-11/h1-4,11H,5-8H2,(H,15,17)(H,18,19). The van der Waals surface area contributed by atoms with Crippen molar-refractivity contribution in [1.29, 1.82) is 0 Å². The number of amides is 1. The number of anilines is 1. The van der Waals surface area contributed by atoms with Gasteiger partial charge in [-0.3, -0.25) is 14.5 Å². The van der Waals surface area contributed by atoms with Crippen molar-refractivity contribution in [3.8, 4) is 0 Å². The predicted octanol–water partition coefficient (Wildman–Crippen LogP) is 1.31. The quantitative estimate of drug-likeness (QED) is 0.814. The van der Waals surface area contributed by atoms with E-state index in [0.717, 1.165) is 12.8 Å². The molecular formula is C13H15FN2O3. The Labute approximate surface area is 110 Å². The van der Waals surface area contributed by atoms with E-state index in [0.29, 0.717) is 5.69 Å². The van der Waals surface area contributed by atoms with Gasteiger partial charge in [-0.1, -0.05) is 0 Å². The van der Waals surface area contributed by atoms with Crippen LogP contribution in [0, 0.1) is 5.82 Å². The molecule has 1 aliphatic rings. The first-order chi connectivity index (χ1) is 9.04. The molecule has 6 heteroatoms. The molecule has 2 rings (SSSR count). The van der Waals surface area contributed by atoms with E-state index in [-0.39, 0.29) is 30.9 Å². The second-order valence-corrected chi connectivity index (χ2v) is 4.58. The number of halogens is 1. The van der Waals surface area contributed by atoms with E-state index in [1.54, 1.807) is 4.90 Å². The monoisotopic (exact) mass is 266 g/mol. The molecule has 0 radical (unpaired) electrons. The summed E-state index contributed by atoms with van der Waals surface area (Å²) < 4.78 is 12.7. The molecule has 1 aliphatic carbocycles. The van der Waals surface area contributed by atoms with Crippen LogP contribution in [0.25, 0.3) is 0 Å². The van der Waals surface area contributed by atoms with Gasteiger partial charge in [-0.15, -0.1) is 0 Å². The molecule has 0 aliphatic heterocycles. The highest BCUT2D eigenvalue weighted by molar-refractivity contribution is 5.92. The number of carboxylic acid groups (broad SMARTS) is 1. The number of carbonyl (C=O) groups is 2. The average Bonchev–Trinajstić information content (AvgIpc) is 3.14. The highest BCUT2D eigenvalue weighted by atomic mass is 19.1. The lowest BCUT2D eigenvalue weighted by Gasteiger charge is -2.18. The first kappa shape index (κ1) is 13.5. The van der Waals surface area contributed by atoms with E-state index in [4.69, 9.17) is 5.11 Å². The van der Waals surface area contributed by atoms with Gasteiger partial charge in [0.05, 0.1) is 13.1 Å². The van der Waals surface area contributed by atoms with Crippen molar-refractivity contribution < 1.29 is 19.1 Å². The normalized spacial score (nSPS) is 14.4. The maximum atomic E-state index is 12.7. The van der Waals surface area contributed by atoms with Crippen molar-refractivity contribution in [2.45, 2.75) is 18.9 Å². The molecule has 0 heterocycles. The van der Waals surface area contributed by atoms with Crippen LogP contribution in [0.4, 0.5) is 10.1 Å². The topological polar surface area (TPSA) is 69.6 Å². The highest BCUT2D eigenvalue weighted by Gasteiger charge is 2.31. The molecule has 102 valence electrons. The van der Waals surface area contributed by atoms with Gasteiger partial charge in [-0.2, -0.15) is 0 Å². The van der Waals surface area contributed by atoms with Gasteiger partial charge >= 0.3 is 5.97 Å². The van der Waals surface area contributed by atoms with E-state index in [2.05, 4.69) is 5.32 Å². The summed E-state index contributed by atoms with van der Waals surface area (Å²) in [5.41, 5.74) is 0.498. The third-order valence-electron chi connectivity index (χ3n) is 2.88. The van der Waals surface area contributed by atoms with Gasteiger partial charge in [-0.25, -0.2) is 4.39 Å². The van der Waals surface area contributed by atoms with Crippen molar-refractivity contribution in [1.82, 2.24) is 4.90 Å². The zero-order valence-electron chi connectivity index (χ0n) is 10.3. The summed E-state index contributed by atoms with van der Waals surface area (Å²) in [6.45, 7) is -0.101. The molecular weight excluding hydrogens is 251 g/mol. The molecule has 0 spiro atoms. The minimum atomic E-state index is -0.943. The zero-order chi connectivity index (χ0) is 13.8. The van der Waals surface area contributed by atoms with Crippen LogP contribution in [0.5, 0.6) is 0 Å². The van der Waals surface area contributed by atoms with E-state index >= 15 is 0 Å². The Morgan fingerprint density at radius 2 is 1.89 bits per heavy atom. The number of hydrogen-bond acceptors (Lipinski definition) is 3. The predicted molar refractivity (Wildman–Crippen MR) is 67.3 cm³/mol. The first-order valence-corrected chi connectivity index (χ1v) is 6.06. The van der Waals surface area contributed by atoms with Gasteiger partial charge in [0, 0.05) is 11.7 Å². The number of nitrogens with zero attached hydrogens (tertiary/aromatic N) is 1. The van der Waals surface area contributed by atoms with Crippen molar-refractivity contribution in [2.24, 2.45) is 0 Å². The average molecular weight is 266 g/mol. The number of carboxylic acids is 1. The fourth-order valence-corrected chi connectivity index (χ4v) is 1.85. The maximum Gasteiger partial charge on any atom is 0.317 e. The fraction of sp³-hybridized carbons (Fsp3) is 0.385. The lowest BCUT2D eigenvalue weighted by Crippen LogP contribution is -2.38. The van der Waals surface area contributed by atoms with Crippen molar-refractivity contribution in [2.75, 3.05) is 18.4 Å². The van der Waals surface area contributed by atoms with Crippen LogP contribution in [-0.4, -0.2) is 41.0 Å². The molecule has 0 atom stereocenters. The van der Waals surface area contributed by atoms with E-state index < -0.39 is 5.97 Å². The van der Waals surface area contributed by atoms with Gasteiger partial charge < -0.3 is 10.4 Å². The summed E-state index contributed by atoms with van der Waals surface area (Å²) in [4.78, 5) is 24.1. The molecule has 1 fully saturated rings. The largest absolute Gasteiger partial charge is 0.480 e. The smallest absolute Gasteiger partial charge is 0.317 e. The number of rotatable bonds is 6. The van der Waals surface area contributed by atoms with Crippen molar-refractivity contribution in [3.05, 3.63) is 30.1 Å². The molecule has 0 aromatic heterocycles. The Morgan fingerprint density at radius 1 is 1.26 bits per heavy atom. The van der Waals surface area contributed by atoms with E-state index in [1.807, 2.05) is 0 Å². The van der Waals surface area contributed by atoms with Crippen molar-refractivity contribution >= 4 is 17.6 Å². The minimum absolute atomic E-state index is 0.0361. The lowest BCUT2D eigenvalue weighted by atomic mass is 10.3. The summed E-state index contributed by atoms with van der Waals surface area (Å²) >= 11 is 0. The fourth-order valence-electron chi connectivity index (χ4n) is 1.85.